The summed E-state index contributed by atoms with van der Waals surface area (Å²) in [5.41, 5.74) is 3.92. The average molecular weight is 370 g/mol. The highest BCUT2D eigenvalue weighted by Gasteiger charge is 2.25. The third-order valence-corrected chi connectivity index (χ3v) is 4.54. The van der Waals surface area contributed by atoms with Crippen LogP contribution in [-0.4, -0.2) is 26.3 Å². The Balaban J connectivity index is 2.01. The smallest absolute Gasteiger partial charge is 0.187 e. The largest absolute Gasteiger partial charge is 0.383 e. The molecule has 23 heavy (non-hydrogen) atoms. The van der Waals surface area contributed by atoms with Crippen LogP contribution in [0.1, 0.15) is 24.4 Å². The summed E-state index contributed by atoms with van der Waals surface area (Å²) >= 11 is 3.57. The van der Waals surface area contributed by atoms with Gasteiger partial charge in [-0.2, -0.15) is 0 Å². The molecule has 0 unspecified atom stereocenters. The maximum Gasteiger partial charge on any atom is 0.187 e. The van der Waals surface area contributed by atoms with Gasteiger partial charge in [0.25, 0.3) is 0 Å². The number of hydrogen-bond acceptors (Lipinski definition) is 4. The number of pyridine rings is 1. The van der Waals surface area contributed by atoms with Gasteiger partial charge in [-0.1, -0.05) is 28.9 Å². The molecule has 1 aliphatic rings. The van der Waals surface area contributed by atoms with Gasteiger partial charge in [-0.25, -0.2) is 4.98 Å². The van der Waals surface area contributed by atoms with Crippen LogP contribution in [0.25, 0.3) is 17.2 Å². The normalized spacial score (nSPS) is 16.2. The number of benzene rings is 1. The van der Waals surface area contributed by atoms with Crippen molar-refractivity contribution in [3.8, 4) is 17.2 Å². The van der Waals surface area contributed by atoms with Crippen LogP contribution in [0.5, 0.6) is 0 Å². The Morgan fingerprint density at radius 1 is 1.22 bits per heavy atom. The molecule has 1 aromatic carbocycles. The first-order valence-corrected chi connectivity index (χ1v) is 8.36. The second kappa shape index (κ2) is 5.45. The molecular formula is C17H16BrN5. The Hall–Kier alpha value is -2.21. The highest BCUT2D eigenvalue weighted by molar-refractivity contribution is 9.10. The van der Waals surface area contributed by atoms with Gasteiger partial charge in [0.1, 0.15) is 11.5 Å². The van der Waals surface area contributed by atoms with Crippen molar-refractivity contribution in [2.24, 2.45) is 0 Å². The highest BCUT2D eigenvalue weighted by atomic mass is 79.9. The summed E-state index contributed by atoms with van der Waals surface area (Å²) in [5.74, 6) is 1.98. The van der Waals surface area contributed by atoms with Crippen molar-refractivity contribution in [2.75, 3.05) is 11.9 Å². The lowest BCUT2D eigenvalue weighted by molar-refractivity contribution is 0.725. The summed E-state index contributed by atoms with van der Waals surface area (Å²) in [4.78, 5) is 4.62. The van der Waals surface area contributed by atoms with E-state index in [1.807, 2.05) is 31.2 Å². The van der Waals surface area contributed by atoms with Crippen LogP contribution in [0, 0.1) is 6.92 Å². The molecule has 0 saturated carbocycles. The number of hydrogen-bond donors (Lipinski definition) is 1. The van der Waals surface area contributed by atoms with Gasteiger partial charge in [-0.05, 0) is 37.3 Å². The van der Waals surface area contributed by atoms with Crippen molar-refractivity contribution in [2.45, 2.75) is 19.8 Å². The number of halogens is 1. The predicted octanol–water partition coefficient (Wildman–Crippen LogP) is 3.93. The molecule has 116 valence electrons. The molecule has 1 aliphatic heterocycles. The van der Waals surface area contributed by atoms with E-state index < -0.39 is 0 Å². The van der Waals surface area contributed by atoms with E-state index in [1.165, 1.54) is 0 Å². The fourth-order valence-electron chi connectivity index (χ4n) is 2.88. The number of nitrogens with zero attached hydrogens (tertiary/aromatic N) is 4. The fraction of sp³-hybridized carbons (Fsp3) is 0.235. The fourth-order valence-corrected chi connectivity index (χ4v) is 3.23. The van der Waals surface area contributed by atoms with Gasteiger partial charge in [0.2, 0.25) is 0 Å². The van der Waals surface area contributed by atoms with E-state index in [0.29, 0.717) is 0 Å². The van der Waals surface area contributed by atoms with Crippen molar-refractivity contribution in [3.05, 3.63) is 52.4 Å². The Labute approximate surface area is 142 Å². The Morgan fingerprint density at radius 3 is 2.91 bits per heavy atom. The molecule has 0 amide bonds. The molecule has 0 radical (unpaired) electrons. The molecule has 0 saturated heterocycles. The molecule has 4 rings (SSSR count). The number of aryl methyl sites for hydroxylation is 1. The van der Waals surface area contributed by atoms with Gasteiger partial charge in [-0.15, -0.1) is 10.2 Å². The third-order valence-electron chi connectivity index (χ3n) is 4.05. The van der Waals surface area contributed by atoms with Crippen molar-refractivity contribution in [1.29, 1.82) is 0 Å². The van der Waals surface area contributed by atoms with E-state index in [-0.39, 0.29) is 5.92 Å². The molecule has 1 atom stereocenters. The number of fused-ring (bicyclic) bond motifs is 3. The molecule has 3 heterocycles. The minimum absolute atomic E-state index is 0.257. The second-order valence-corrected chi connectivity index (χ2v) is 6.74. The summed E-state index contributed by atoms with van der Waals surface area (Å²) in [5, 5.41) is 12.4. The zero-order valence-electron chi connectivity index (χ0n) is 12.9. The van der Waals surface area contributed by atoms with Gasteiger partial charge in [0.15, 0.2) is 5.82 Å². The summed E-state index contributed by atoms with van der Waals surface area (Å²) in [7, 11) is 0. The topological polar surface area (TPSA) is 55.6 Å². The lowest BCUT2D eigenvalue weighted by Crippen LogP contribution is -2.09. The molecule has 0 fully saturated rings. The lowest BCUT2D eigenvalue weighted by atomic mass is 10.1. The standard InChI is InChI=1S/C17H16BrN5/c1-10-9-19-13-7-6-12(18)8-15(13)23-16(10)21-22-17(23)14-5-3-4-11(2)20-14/h3-8,10,19H,9H2,1-2H3/t10-/m0/s1. The molecular weight excluding hydrogens is 354 g/mol. The summed E-state index contributed by atoms with van der Waals surface area (Å²) in [6.07, 6.45) is 0. The van der Waals surface area contributed by atoms with E-state index in [2.05, 4.69) is 60.1 Å². The third kappa shape index (κ3) is 2.43. The Kier molecular flexibility index (Phi) is 3.41. The molecule has 0 spiro atoms. The minimum atomic E-state index is 0.257. The van der Waals surface area contributed by atoms with Gasteiger partial charge in [0, 0.05) is 22.6 Å². The number of anilines is 1. The van der Waals surface area contributed by atoms with E-state index in [1.54, 1.807) is 0 Å². The van der Waals surface area contributed by atoms with E-state index in [9.17, 15) is 0 Å². The summed E-state index contributed by atoms with van der Waals surface area (Å²) in [6.45, 7) is 4.97. The second-order valence-electron chi connectivity index (χ2n) is 5.82. The van der Waals surface area contributed by atoms with Gasteiger partial charge >= 0.3 is 0 Å². The molecule has 1 N–H and O–H groups in total. The van der Waals surface area contributed by atoms with Crippen molar-refractivity contribution in [1.82, 2.24) is 19.7 Å². The SMILES string of the molecule is Cc1cccc(-c2nnc3n2-c2cc(Br)ccc2NC[C@@H]3C)n1. The first-order chi connectivity index (χ1) is 11.1. The predicted molar refractivity (Wildman–Crippen MR) is 93.9 cm³/mol. The van der Waals surface area contributed by atoms with Crippen LogP contribution in [0.3, 0.4) is 0 Å². The van der Waals surface area contributed by atoms with E-state index in [0.717, 1.165) is 45.4 Å². The minimum Gasteiger partial charge on any atom is -0.383 e. The van der Waals surface area contributed by atoms with Gasteiger partial charge < -0.3 is 5.32 Å². The van der Waals surface area contributed by atoms with Crippen LogP contribution in [0.2, 0.25) is 0 Å². The highest BCUT2D eigenvalue weighted by Crippen LogP contribution is 2.34. The summed E-state index contributed by atoms with van der Waals surface area (Å²) in [6, 6.07) is 12.2. The van der Waals surface area contributed by atoms with Crippen molar-refractivity contribution in [3.63, 3.8) is 0 Å². The maximum absolute atomic E-state index is 4.62. The van der Waals surface area contributed by atoms with Crippen molar-refractivity contribution < 1.29 is 0 Å². The summed E-state index contributed by atoms with van der Waals surface area (Å²) < 4.78 is 3.14. The van der Waals surface area contributed by atoms with Crippen LogP contribution >= 0.6 is 15.9 Å². The molecule has 3 aromatic rings. The van der Waals surface area contributed by atoms with E-state index in [4.69, 9.17) is 0 Å². The molecule has 2 aromatic heterocycles. The van der Waals surface area contributed by atoms with Crippen LogP contribution in [0.4, 0.5) is 5.69 Å². The molecule has 0 bridgehead atoms. The first kappa shape index (κ1) is 14.4. The van der Waals surface area contributed by atoms with Gasteiger partial charge in [0.05, 0.1) is 11.4 Å². The van der Waals surface area contributed by atoms with Crippen LogP contribution in [-0.2, 0) is 0 Å². The molecule has 0 aliphatic carbocycles. The average Bonchev–Trinajstić information content (AvgIpc) is 2.93. The molecule has 5 nitrogen and oxygen atoms in total. The zero-order valence-corrected chi connectivity index (χ0v) is 14.5. The van der Waals surface area contributed by atoms with Crippen LogP contribution in [0.15, 0.2) is 40.9 Å². The van der Waals surface area contributed by atoms with Gasteiger partial charge in [-0.3, -0.25) is 4.57 Å². The maximum atomic E-state index is 4.62. The number of rotatable bonds is 1. The lowest BCUT2D eigenvalue weighted by Gasteiger charge is -2.12. The van der Waals surface area contributed by atoms with Crippen LogP contribution < -0.4 is 5.32 Å². The first-order valence-electron chi connectivity index (χ1n) is 7.56. The Morgan fingerprint density at radius 2 is 2.09 bits per heavy atom. The van der Waals surface area contributed by atoms with E-state index >= 15 is 0 Å². The molecule has 6 heteroatoms. The van der Waals surface area contributed by atoms with Crippen molar-refractivity contribution >= 4 is 21.6 Å². The Bertz CT molecular complexity index is 886. The zero-order chi connectivity index (χ0) is 16.0. The number of nitrogens with one attached hydrogen (secondary N) is 1. The number of aromatic nitrogens is 4. The quantitative estimate of drug-likeness (QED) is 0.705. The monoisotopic (exact) mass is 369 g/mol.